The van der Waals surface area contributed by atoms with Crippen LogP contribution in [0.15, 0.2) is 24.3 Å². The summed E-state index contributed by atoms with van der Waals surface area (Å²) in [6.45, 7) is 1.57. The number of carbonyl (C=O) groups is 1. The monoisotopic (exact) mass is 966 g/mol. The minimum atomic E-state index is -1.97. The van der Waals surface area contributed by atoms with Crippen LogP contribution in [-0.2, 0) is 33.2 Å². The number of aliphatic hydroxyl groups is 11. The van der Waals surface area contributed by atoms with E-state index < -0.39 is 124 Å². The van der Waals surface area contributed by atoms with Crippen molar-refractivity contribution >= 4 is 5.91 Å². The fourth-order valence-corrected chi connectivity index (χ4v) is 8.48. The molecule has 0 aromatic heterocycles. The van der Waals surface area contributed by atoms with Crippen molar-refractivity contribution in [3.8, 4) is 0 Å². The van der Waals surface area contributed by atoms with Crippen molar-refractivity contribution < 1.29 is 89.4 Å². The Morgan fingerprint density at radius 3 is 1.46 bits per heavy atom. The fourth-order valence-electron chi connectivity index (χ4n) is 8.48. The highest BCUT2D eigenvalue weighted by Gasteiger charge is 2.53. The molecule has 3 saturated heterocycles. The van der Waals surface area contributed by atoms with Crippen LogP contribution in [0.3, 0.4) is 0 Å². The third-order valence-electron chi connectivity index (χ3n) is 12.7. The van der Waals surface area contributed by atoms with Crippen molar-refractivity contribution in [3.05, 3.63) is 24.3 Å². The largest absolute Gasteiger partial charge is 0.394 e. The predicted molar refractivity (Wildman–Crippen MR) is 245 cm³/mol. The van der Waals surface area contributed by atoms with Gasteiger partial charge in [-0.25, -0.2) is 0 Å². The molecule has 12 N–H and O–H groups in total. The lowest BCUT2D eigenvalue weighted by molar-refractivity contribution is -0.379. The van der Waals surface area contributed by atoms with Crippen LogP contribution in [0.2, 0.25) is 0 Å². The zero-order chi connectivity index (χ0) is 49.1. The molecule has 392 valence electrons. The number of aliphatic hydroxyl groups excluding tert-OH is 11. The molecule has 17 unspecified atom stereocenters. The molecular weight excluding hydrogens is 879 g/mol. The molecule has 3 heterocycles. The van der Waals surface area contributed by atoms with Gasteiger partial charge in [0.25, 0.3) is 0 Å². The molecule has 3 rings (SSSR count). The summed E-state index contributed by atoms with van der Waals surface area (Å²) < 4.78 is 34.0. The third-order valence-corrected chi connectivity index (χ3v) is 12.7. The van der Waals surface area contributed by atoms with Crippen LogP contribution in [0.5, 0.6) is 0 Å². The second kappa shape index (κ2) is 33.8. The van der Waals surface area contributed by atoms with Crippen LogP contribution in [0.25, 0.3) is 0 Å². The highest BCUT2D eigenvalue weighted by Crippen LogP contribution is 2.33. The highest BCUT2D eigenvalue weighted by molar-refractivity contribution is 5.76. The van der Waals surface area contributed by atoms with Gasteiger partial charge in [-0.3, -0.25) is 4.79 Å². The van der Waals surface area contributed by atoms with Crippen LogP contribution < -0.4 is 5.32 Å². The zero-order valence-electron chi connectivity index (χ0n) is 39.9. The van der Waals surface area contributed by atoms with Gasteiger partial charge in [0, 0.05) is 6.42 Å². The highest BCUT2D eigenvalue weighted by atomic mass is 16.8. The van der Waals surface area contributed by atoms with Gasteiger partial charge in [0.1, 0.15) is 73.2 Å². The van der Waals surface area contributed by atoms with Gasteiger partial charge >= 0.3 is 0 Å². The first kappa shape index (κ1) is 59.6. The molecule has 19 heteroatoms. The molecule has 0 bridgehead atoms. The van der Waals surface area contributed by atoms with Crippen molar-refractivity contribution in [3.63, 3.8) is 0 Å². The Hall–Kier alpha value is -1.73. The summed E-state index contributed by atoms with van der Waals surface area (Å²) in [6, 6.07) is -0.970. The van der Waals surface area contributed by atoms with E-state index in [0.717, 1.165) is 70.6 Å². The minimum Gasteiger partial charge on any atom is -0.394 e. The van der Waals surface area contributed by atoms with Crippen molar-refractivity contribution in [1.82, 2.24) is 5.32 Å². The van der Waals surface area contributed by atoms with Crippen molar-refractivity contribution in [1.29, 1.82) is 0 Å². The second-order valence-corrected chi connectivity index (χ2v) is 18.3. The van der Waals surface area contributed by atoms with Gasteiger partial charge in [-0.1, -0.05) is 115 Å². The predicted octanol–water partition coefficient (Wildman–Crippen LogP) is 1.25. The SMILES string of the molecule is CCCCCC/C=C/C(O)C(COC1OC(CO)C(OC2OC(CO)C(OC3OC(CO)C(O)C(O)C3O)C(O)C2O)C(O)C1O)NC(=O)CCCCCCC/C=C\CCCCCCCCC. The van der Waals surface area contributed by atoms with Crippen molar-refractivity contribution in [2.45, 2.75) is 247 Å². The Morgan fingerprint density at radius 2 is 0.940 bits per heavy atom. The van der Waals surface area contributed by atoms with E-state index in [1.807, 2.05) is 6.08 Å². The van der Waals surface area contributed by atoms with Gasteiger partial charge in [0.05, 0.1) is 38.6 Å². The molecule has 0 aromatic carbocycles. The van der Waals surface area contributed by atoms with Gasteiger partial charge in [0.2, 0.25) is 5.91 Å². The van der Waals surface area contributed by atoms with Crippen molar-refractivity contribution in [2.24, 2.45) is 0 Å². The Bertz CT molecular complexity index is 1340. The lowest BCUT2D eigenvalue weighted by Crippen LogP contribution is -2.66. The van der Waals surface area contributed by atoms with Crippen LogP contribution in [-0.4, -0.2) is 193 Å². The first-order valence-corrected chi connectivity index (χ1v) is 25.1. The van der Waals surface area contributed by atoms with Crippen LogP contribution >= 0.6 is 0 Å². The van der Waals surface area contributed by atoms with Gasteiger partial charge < -0.3 is 89.9 Å². The maximum Gasteiger partial charge on any atom is 0.220 e. The topological polar surface area (TPSA) is 307 Å². The molecule has 0 saturated carbocycles. The van der Waals surface area contributed by atoms with Crippen LogP contribution in [0, 0.1) is 0 Å². The molecule has 0 aromatic rings. The maximum atomic E-state index is 13.1. The number of allylic oxidation sites excluding steroid dienone is 3. The summed E-state index contributed by atoms with van der Waals surface area (Å²) >= 11 is 0. The molecule has 3 fully saturated rings. The second-order valence-electron chi connectivity index (χ2n) is 18.3. The Labute approximate surface area is 397 Å². The number of nitrogens with one attached hydrogen (secondary N) is 1. The van der Waals surface area contributed by atoms with E-state index in [-0.39, 0.29) is 18.9 Å². The Balaban J connectivity index is 1.52. The average Bonchev–Trinajstić information content (AvgIpc) is 3.32. The molecule has 1 amide bonds. The third kappa shape index (κ3) is 20.1. The van der Waals surface area contributed by atoms with Gasteiger partial charge in [-0.15, -0.1) is 0 Å². The summed E-state index contributed by atoms with van der Waals surface area (Å²) in [5, 5.41) is 119. The summed E-state index contributed by atoms with van der Waals surface area (Å²) in [5.41, 5.74) is 0. The molecule has 19 nitrogen and oxygen atoms in total. The smallest absolute Gasteiger partial charge is 0.220 e. The lowest BCUT2D eigenvalue weighted by Gasteiger charge is -2.48. The summed E-state index contributed by atoms with van der Waals surface area (Å²) in [4.78, 5) is 13.1. The zero-order valence-corrected chi connectivity index (χ0v) is 39.9. The van der Waals surface area contributed by atoms with E-state index in [9.17, 15) is 61.0 Å². The molecule has 0 radical (unpaired) electrons. The van der Waals surface area contributed by atoms with Gasteiger partial charge in [0.15, 0.2) is 18.9 Å². The summed E-state index contributed by atoms with van der Waals surface area (Å²) in [7, 11) is 0. The number of ether oxygens (including phenoxy) is 6. The van der Waals surface area contributed by atoms with E-state index in [0.29, 0.717) is 6.42 Å². The molecular formula is C48H87NO18. The van der Waals surface area contributed by atoms with E-state index in [1.54, 1.807) is 6.08 Å². The number of hydrogen-bond acceptors (Lipinski definition) is 18. The molecule has 0 aliphatic carbocycles. The number of unbranched alkanes of at least 4 members (excludes halogenated alkanes) is 16. The lowest BCUT2D eigenvalue weighted by atomic mass is 9.96. The molecule has 3 aliphatic rings. The normalized spacial score (nSPS) is 33.7. The molecule has 17 atom stereocenters. The number of amides is 1. The molecule has 67 heavy (non-hydrogen) atoms. The first-order chi connectivity index (χ1) is 32.3. The Morgan fingerprint density at radius 1 is 0.522 bits per heavy atom. The summed E-state index contributed by atoms with van der Waals surface area (Å²) in [5.74, 6) is -0.292. The summed E-state index contributed by atoms with van der Waals surface area (Å²) in [6.07, 6.45) is 2.35. The standard InChI is InChI=1S/C48H87NO18/c1-3-5-7-9-11-12-13-14-15-16-17-18-19-20-22-24-26-36(54)49-31(32(53)25-23-21-10-8-6-4-2)30-62-46-42(60)39(57)44(34(28-51)64-46)67-48-43(61)40(58)45(35(29-52)65-48)66-47-41(59)38(56)37(55)33(27-50)63-47/h15-16,23,25,31-35,37-48,50-53,55-61H,3-14,17-22,24,26-30H2,1-2H3,(H,49,54)/b16-15-,25-23+. The molecule has 0 spiro atoms. The average molecular weight is 966 g/mol. The maximum absolute atomic E-state index is 13.1. The minimum absolute atomic E-state index is 0.233. The quantitative estimate of drug-likeness (QED) is 0.0319. The van der Waals surface area contributed by atoms with Crippen LogP contribution in [0.4, 0.5) is 0 Å². The van der Waals surface area contributed by atoms with E-state index >= 15 is 0 Å². The number of rotatable bonds is 34. The first-order valence-electron chi connectivity index (χ1n) is 25.1. The Kier molecular flexibility index (Phi) is 30.0. The van der Waals surface area contributed by atoms with Crippen molar-refractivity contribution in [2.75, 3.05) is 26.4 Å². The van der Waals surface area contributed by atoms with Crippen LogP contribution in [0.1, 0.15) is 142 Å². The number of carbonyl (C=O) groups excluding carboxylic acids is 1. The number of hydrogen-bond donors (Lipinski definition) is 12. The van der Waals surface area contributed by atoms with E-state index in [4.69, 9.17) is 28.4 Å². The van der Waals surface area contributed by atoms with E-state index in [1.165, 1.54) is 44.9 Å². The van der Waals surface area contributed by atoms with E-state index in [2.05, 4.69) is 31.3 Å². The van der Waals surface area contributed by atoms with Gasteiger partial charge in [-0.2, -0.15) is 0 Å². The molecule has 3 aliphatic heterocycles. The van der Waals surface area contributed by atoms with Gasteiger partial charge in [-0.05, 0) is 44.9 Å². The fraction of sp³-hybridized carbons (Fsp3) is 0.896.